The molecule has 1 aliphatic heterocycles. The van der Waals surface area contributed by atoms with Crippen molar-refractivity contribution in [3.05, 3.63) is 29.8 Å². The van der Waals surface area contributed by atoms with Gasteiger partial charge in [0.05, 0.1) is 13.2 Å². The number of nitrogens with two attached hydrogens (primary N) is 1. The number of nitrogens with one attached hydrogen (secondary N) is 3. The number of Topliss-reactive ketones (excluding diaryl/α,β-unsaturated/α-hetero) is 1. The molecule has 1 aromatic carbocycles. The van der Waals surface area contributed by atoms with E-state index in [4.69, 9.17) is 15.2 Å². The Morgan fingerprint density at radius 1 is 0.894 bits per heavy atom. The van der Waals surface area contributed by atoms with Crippen LogP contribution in [-0.4, -0.2) is 78.2 Å². The second-order valence-corrected chi connectivity index (χ2v) is 14.5. The molecular weight excluding hydrogens is 606 g/mol. The van der Waals surface area contributed by atoms with Crippen molar-refractivity contribution in [1.82, 2.24) is 20.9 Å². The third-order valence-electron chi connectivity index (χ3n) is 8.01. The van der Waals surface area contributed by atoms with E-state index < -0.39 is 70.5 Å². The summed E-state index contributed by atoms with van der Waals surface area (Å²) in [5.74, 6) is -2.12. The van der Waals surface area contributed by atoms with Crippen LogP contribution in [-0.2, 0) is 35.3 Å². The number of amides is 5. The standard InChI is InChI=1S/C30H45N5O8.C4H8/c1-17(21(36)24(31)37)32-25(38)20-10-9-15-35(20)26(39)22(29(2,3)4)33-28(41)34-23(30(5,6)7)27(40)43-16-18-11-13-19(42-8)14-12-18;1-4-2-3-4/h11-14,17,20,22-23H,9-10,15-16H2,1-8H3,(H2,31,37)(H,32,38)(H2,33,34,41);4H,2-3H2,1H3/t17?,20-,22?,23+;/m0./s1. The topological polar surface area (TPSA) is 186 Å². The van der Waals surface area contributed by atoms with Crippen molar-refractivity contribution in [3.63, 3.8) is 0 Å². The van der Waals surface area contributed by atoms with E-state index in [1.165, 1.54) is 24.7 Å². The predicted octanol–water partition coefficient (Wildman–Crippen LogP) is 2.83. The second kappa shape index (κ2) is 16.6. The van der Waals surface area contributed by atoms with Crippen LogP contribution in [0.4, 0.5) is 4.79 Å². The quantitative estimate of drug-likeness (QED) is 0.206. The van der Waals surface area contributed by atoms with E-state index in [1.807, 2.05) is 0 Å². The molecule has 262 valence electrons. The predicted molar refractivity (Wildman–Crippen MR) is 176 cm³/mol. The number of methoxy groups -OCH3 is 1. The molecule has 0 aromatic heterocycles. The summed E-state index contributed by atoms with van der Waals surface area (Å²) in [5, 5.41) is 7.82. The van der Waals surface area contributed by atoms with Gasteiger partial charge in [-0.1, -0.05) is 73.4 Å². The van der Waals surface area contributed by atoms with Crippen molar-refractivity contribution < 1.29 is 38.2 Å². The summed E-state index contributed by atoms with van der Waals surface area (Å²) in [6, 6.07) is 2.10. The first-order chi connectivity index (χ1) is 21.8. The summed E-state index contributed by atoms with van der Waals surface area (Å²) >= 11 is 0. The van der Waals surface area contributed by atoms with Crippen LogP contribution >= 0.6 is 0 Å². The number of hydrogen-bond acceptors (Lipinski definition) is 8. The fourth-order valence-corrected chi connectivity index (χ4v) is 4.77. The van der Waals surface area contributed by atoms with E-state index in [2.05, 4.69) is 22.9 Å². The molecule has 0 radical (unpaired) electrons. The van der Waals surface area contributed by atoms with E-state index >= 15 is 0 Å². The molecule has 13 nitrogen and oxygen atoms in total. The van der Waals surface area contributed by atoms with Gasteiger partial charge in [0.2, 0.25) is 17.6 Å². The highest BCUT2D eigenvalue weighted by atomic mass is 16.5. The molecule has 13 heteroatoms. The number of urea groups is 1. The van der Waals surface area contributed by atoms with Crippen molar-refractivity contribution in [2.24, 2.45) is 22.5 Å². The molecular formula is C34H53N5O8. The summed E-state index contributed by atoms with van der Waals surface area (Å²) < 4.78 is 10.6. The maximum Gasteiger partial charge on any atom is 0.329 e. The fraction of sp³-hybridized carbons (Fsp3) is 0.647. The number of carbonyl (C=O) groups is 6. The normalized spacial score (nSPS) is 18.0. The number of hydrogen-bond donors (Lipinski definition) is 4. The number of nitrogens with zero attached hydrogens (tertiary/aromatic N) is 1. The molecule has 2 aliphatic rings. The van der Waals surface area contributed by atoms with E-state index in [0.29, 0.717) is 18.6 Å². The summed E-state index contributed by atoms with van der Waals surface area (Å²) in [6.45, 7) is 14.5. The molecule has 4 atom stereocenters. The summed E-state index contributed by atoms with van der Waals surface area (Å²) in [7, 11) is 1.55. The summed E-state index contributed by atoms with van der Waals surface area (Å²) in [4.78, 5) is 77.4. The number of benzene rings is 1. The van der Waals surface area contributed by atoms with E-state index in [9.17, 15) is 28.8 Å². The number of ether oxygens (including phenoxy) is 2. The Balaban J connectivity index is 0.00000177. The largest absolute Gasteiger partial charge is 0.497 e. The van der Waals surface area contributed by atoms with Gasteiger partial charge in [-0.2, -0.15) is 0 Å². The van der Waals surface area contributed by atoms with Gasteiger partial charge >= 0.3 is 12.0 Å². The maximum absolute atomic E-state index is 13.8. The number of likely N-dealkylation sites (tertiary alicyclic amines) is 1. The second-order valence-electron chi connectivity index (χ2n) is 14.5. The molecule has 1 aromatic rings. The van der Waals surface area contributed by atoms with Crippen LogP contribution in [0.2, 0.25) is 0 Å². The minimum atomic E-state index is -1.17. The SMILES string of the molecule is CC1CC1.COc1ccc(COC(=O)[C@@H](NC(=O)NC(C(=O)N2CCC[C@H]2C(=O)NC(C)C(=O)C(N)=O)C(C)(C)C)C(C)(C)C)cc1. The number of ketones is 1. The number of esters is 1. The van der Waals surface area contributed by atoms with Gasteiger partial charge in [-0.05, 0) is 54.2 Å². The van der Waals surface area contributed by atoms with Gasteiger partial charge < -0.3 is 36.1 Å². The van der Waals surface area contributed by atoms with Crippen molar-refractivity contribution >= 4 is 35.5 Å². The molecule has 0 bridgehead atoms. The maximum atomic E-state index is 13.8. The zero-order valence-corrected chi connectivity index (χ0v) is 29.2. The van der Waals surface area contributed by atoms with Gasteiger partial charge in [-0.3, -0.25) is 19.2 Å². The minimum Gasteiger partial charge on any atom is -0.497 e. The highest BCUT2D eigenvalue weighted by molar-refractivity contribution is 6.37. The Morgan fingerprint density at radius 3 is 1.89 bits per heavy atom. The van der Waals surface area contributed by atoms with Gasteiger partial charge in [0, 0.05) is 6.54 Å². The Morgan fingerprint density at radius 2 is 1.43 bits per heavy atom. The van der Waals surface area contributed by atoms with Gasteiger partial charge in [-0.25, -0.2) is 9.59 Å². The van der Waals surface area contributed by atoms with Gasteiger partial charge in [0.1, 0.15) is 30.5 Å². The van der Waals surface area contributed by atoms with Crippen molar-refractivity contribution in [1.29, 1.82) is 0 Å². The zero-order chi connectivity index (χ0) is 35.7. The molecule has 5 N–H and O–H groups in total. The average molecular weight is 660 g/mol. The van der Waals surface area contributed by atoms with Crippen LogP contribution < -0.4 is 26.4 Å². The lowest BCUT2D eigenvalue weighted by molar-refractivity contribution is -0.150. The van der Waals surface area contributed by atoms with Gasteiger partial charge in [-0.15, -0.1) is 0 Å². The highest BCUT2D eigenvalue weighted by Crippen LogP contribution is 2.27. The minimum absolute atomic E-state index is 0.0100. The lowest BCUT2D eigenvalue weighted by Crippen LogP contribution is -2.61. The molecule has 1 heterocycles. The summed E-state index contributed by atoms with van der Waals surface area (Å²) in [6.07, 6.45) is 3.83. The third-order valence-corrected chi connectivity index (χ3v) is 8.01. The van der Waals surface area contributed by atoms with Crippen molar-refractivity contribution in [2.75, 3.05) is 13.7 Å². The molecule has 1 saturated carbocycles. The number of rotatable bonds is 11. The molecule has 2 fully saturated rings. The first-order valence-corrected chi connectivity index (χ1v) is 16.1. The monoisotopic (exact) mass is 659 g/mol. The first-order valence-electron chi connectivity index (χ1n) is 16.1. The van der Waals surface area contributed by atoms with E-state index in [0.717, 1.165) is 11.5 Å². The number of carbonyl (C=O) groups excluding carboxylic acids is 6. The fourth-order valence-electron chi connectivity index (χ4n) is 4.77. The molecule has 3 rings (SSSR count). The van der Waals surface area contributed by atoms with Crippen molar-refractivity contribution in [3.8, 4) is 5.75 Å². The highest BCUT2D eigenvalue weighted by Gasteiger charge is 2.43. The van der Waals surface area contributed by atoms with Crippen LogP contribution in [0.5, 0.6) is 5.75 Å². The average Bonchev–Trinajstić information content (AvgIpc) is 3.61. The zero-order valence-electron chi connectivity index (χ0n) is 29.2. The molecule has 0 spiro atoms. The molecule has 1 saturated heterocycles. The third kappa shape index (κ3) is 12.2. The van der Waals surface area contributed by atoms with Crippen LogP contribution in [0.1, 0.15) is 86.6 Å². The Labute approximate surface area is 278 Å². The van der Waals surface area contributed by atoms with E-state index in [1.54, 1.807) is 72.9 Å². The molecule has 5 amide bonds. The molecule has 2 unspecified atom stereocenters. The smallest absolute Gasteiger partial charge is 0.329 e. The Bertz CT molecular complexity index is 1280. The van der Waals surface area contributed by atoms with Gasteiger partial charge in [0.25, 0.3) is 5.91 Å². The van der Waals surface area contributed by atoms with Crippen molar-refractivity contribution in [2.45, 2.75) is 112 Å². The van der Waals surface area contributed by atoms with Crippen LogP contribution in [0.3, 0.4) is 0 Å². The van der Waals surface area contributed by atoms with Gasteiger partial charge in [0.15, 0.2) is 0 Å². The lowest BCUT2D eigenvalue weighted by Gasteiger charge is -2.36. The Kier molecular flexibility index (Phi) is 13.8. The lowest BCUT2D eigenvalue weighted by atomic mass is 9.85. The van der Waals surface area contributed by atoms with Crippen LogP contribution in [0.15, 0.2) is 24.3 Å². The van der Waals surface area contributed by atoms with E-state index in [-0.39, 0.29) is 13.2 Å². The van der Waals surface area contributed by atoms with Crippen LogP contribution in [0.25, 0.3) is 0 Å². The molecule has 1 aliphatic carbocycles. The number of primary amides is 1. The Hall–Kier alpha value is -4.16. The summed E-state index contributed by atoms with van der Waals surface area (Å²) in [5.41, 5.74) is 4.26. The first kappa shape index (κ1) is 39.0. The molecule has 47 heavy (non-hydrogen) atoms. The van der Waals surface area contributed by atoms with Crippen LogP contribution in [0, 0.1) is 16.7 Å².